The Morgan fingerprint density at radius 2 is 1.84 bits per heavy atom. The lowest BCUT2D eigenvalue weighted by Crippen LogP contribution is -2.21. The molecular weight excluding hydrogens is 419 g/mol. The molecule has 2 rings (SSSR count). The van der Waals surface area contributed by atoms with Gasteiger partial charge < -0.3 is 19.7 Å². The average Bonchev–Trinajstić information content (AvgIpc) is 2.78. The molecule has 0 fully saturated rings. The number of carbonyl (C=O) groups is 1. The number of carbonyl (C=O) groups excluding carboxylic acids is 1. The van der Waals surface area contributed by atoms with Crippen molar-refractivity contribution >= 4 is 23.1 Å². The number of hydrogen-bond acceptors (Lipinski definition) is 7. The highest BCUT2D eigenvalue weighted by Gasteiger charge is 2.19. The maximum absolute atomic E-state index is 13.0. The van der Waals surface area contributed by atoms with E-state index in [4.69, 9.17) is 9.84 Å². The van der Waals surface area contributed by atoms with E-state index in [0.717, 1.165) is 24.5 Å². The molecule has 0 spiro atoms. The van der Waals surface area contributed by atoms with E-state index in [-0.39, 0.29) is 12.4 Å². The second kappa shape index (κ2) is 13.0. The van der Waals surface area contributed by atoms with Crippen LogP contribution in [0, 0.1) is 5.82 Å². The second-order valence-corrected chi connectivity index (χ2v) is 8.73. The number of aliphatic hydroxyl groups is 2. The molecule has 0 bridgehead atoms. The van der Waals surface area contributed by atoms with Gasteiger partial charge in [0.15, 0.2) is 0 Å². The summed E-state index contributed by atoms with van der Waals surface area (Å²) in [5, 5.41) is 18.1. The number of aromatic nitrogens is 1. The fraction of sp³-hybridized carbons (Fsp3) is 0.348. The van der Waals surface area contributed by atoms with Gasteiger partial charge in [-0.25, -0.2) is 14.4 Å². The first-order valence-corrected chi connectivity index (χ1v) is 10.4. The van der Waals surface area contributed by atoms with Crippen LogP contribution in [0.1, 0.15) is 27.7 Å². The molecule has 0 aliphatic heterocycles. The molecular formula is C23H29FN2O4S. The second-order valence-electron chi connectivity index (χ2n) is 6.89. The molecule has 1 unspecified atom stereocenters. The minimum absolute atomic E-state index is 0.0128. The summed E-state index contributed by atoms with van der Waals surface area (Å²) in [5.41, 5.74) is 2.14. The third kappa shape index (κ3) is 9.00. The molecule has 1 aromatic carbocycles. The summed E-state index contributed by atoms with van der Waals surface area (Å²) in [6.07, 6.45) is 3.27. The SMILES string of the molecule is C/C=C(\N=C(C)SC(C)(C)C=O)C(O)COc1ccc(-c2ccc(F)cc2)cn1.CO. The third-order valence-electron chi connectivity index (χ3n) is 3.92. The quantitative estimate of drug-likeness (QED) is 0.356. The van der Waals surface area contributed by atoms with Crippen LogP contribution in [0.2, 0.25) is 0 Å². The Morgan fingerprint density at radius 1 is 1.23 bits per heavy atom. The van der Waals surface area contributed by atoms with E-state index in [1.807, 2.05) is 6.07 Å². The van der Waals surface area contributed by atoms with Gasteiger partial charge in [0, 0.05) is 24.9 Å². The Kier molecular flexibility index (Phi) is 11.1. The first-order chi connectivity index (χ1) is 14.7. The van der Waals surface area contributed by atoms with Crippen molar-refractivity contribution in [2.24, 2.45) is 4.99 Å². The lowest BCUT2D eigenvalue weighted by Gasteiger charge is -2.17. The highest BCUT2D eigenvalue weighted by Crippen LogP contribution is 2.25. The fourth-order valence-electron chi connectivity index (χ4n) is 2.47. The Bertz CT molecular complexity index is 881. The zero-order chi connectivity index (χ0) is 23.4. The third-order valence-corrected chi connectivity index (χ3v) is 4.93. The molecule has 0 aliphatic rings. The summed E-state index contributed by atoms with van der Waals surface area (Å²) >= 11 is 1.33. The topological polar surface area (TPSA) is 92.0 Å². The first kappa shape index (κ1) is 26.5. The van der Waals surface area contributed by atoms with Gasteiger partial charge in [-0.3, -0.25) is 0 Å². The maximum atomic E-state index is 13.0. The molecule has 0 radical (unpaired) electrons. The molecule has 0 amide bonds. The summed E-state index contributed by atoms with van der Waals surface area (Å²) < 4.78 is 18.0. The Balaban J connectivity index is 0.00000233. The van der Waals surface area contributed by atoms with E-state index < -0.39 is 10.9 Å². The van der Waals surface area contributed by atoms with Crippen LogP contribution in [-0.2, 0) is 4.79 Å². The van der Waals surface area contributed by atoms with Crippen molar-refractivity contribution in [2.75, 3.05) is 13.7 Å². The number of aliphatic hydroxyl groups excluding tert-OH is 2. The minimum atomic E-state index is -0.937. The van der Waals surface area contributed by atoms with Crippen LogP contribution in [0.5, 0.6) is 5.88 Å². The number of hydrogen-bond donors (Lipinski definition) is 2. The van der Waals surface area contributed by atoms with Gasteiger partial charge in [-0.05, 0) is 51.5 Å². The number of thioether (sulfide) groups is 1. The van der Waals surface area contributed by atoms with E-state index >= 15 is 0 Å². The van der Waals surface area contributed by atoms with Crippen molar-refractivity contribution < 1.29 is 24.1 Å². The molecule has 8 heteroatoms. The van der Waals surface area contributed by atoms with Crippen LogP contribution in [0.4, 0.5) is 4.39 Å². The van der Waals surface area contributed by atoms with Crippen LogP contribution >= 0.6 is 11.8 Å². The predicted octanol–water partition coefficient (Wildman–Crippen LogP) is 4.27. The molecule has 168 valence electrons. The van der Waals surface area contributed by atoms with E-state index in [1.165, 1.54) is 23.9 Å². The molecule has 0 aliphatic carbocycles. The highest BCUT2D eigenvalue weighted by molar-refractivity contribution is 8.15. The van der Waals surface area contributed by atoms with Gasteiger partial charge in [0.1, 0.15) is 24.8 Å². The molecule has 31 heavy (non-hydrogen) atoms. The zero-order valence-corrected chi connectivity index (χ0v) is 19.2. The van der Waals surface area contributed by atoms with Gasteiger partial charge in [0.25, 0.3) is 0 Å². The van der Waals surface area contributed by atoms with Gasteiger partial charge in [-0.2, -0.15) is 0 Å². The monoisotopic (exact) mass is 448 g/mol. The normalized spacial score (nSPS) is 13.2. The van der Waals surface area contributed by atoms with E-state index in [9.17, 15) is 14.3 Å². The van der Waals surface area contributed by atoms with Crippen LogP contribution in [0.25, 0.3) is 11.1 Å². The first-order valence-electron chi connectivity index (χ1n) is 9.58. The smallest absolute Gasteiger partial charge is 0.213 e. The number of aldehydes is 1. The summed E-state index contributed by atoms with van der Waals surface area (Å²) in [6, 6.07) is 9.66. The van der Waals surface area contributed by atoms with Gasteiger partial charge in [0.05, 0.1) is 15.5 Å². The standard InChI is InChI=1S/C22H25FN2O3S.CH4O/c1-5-19(25-15(2)29-22(3,4)14-26)20(27)13-28-21-11-8-17(12-24-21)16-6-9-18(23)10-7-16;1-2/h5-12,14,20,27H,13H2,1-4H3;2H,1H3/b19-5-,25-15?;. The Hall–Kier alpha value is -2.55. The van der Waals surface area contributed by atoms with Crippen LogP contribution in [0.15, 0.2) is 59.4 Å². The van der Waals surface area contributed by atoms with Crippen molar-refractivity contribution in [1.29, 1.82) is 0 Å². The van der Waals surface area contributed by atoms with Crippen LogP contribution in [-0.4, -0.2) is 51.1 Å². The van der Waals surface area contributed by atoms with E-state index in [1.54, 1.807) is 58.2 Å². The van der Waals surface area contributed by atoms with Crippen LogP contribution < -0.4 is 4.74 Å². The van der Waals surface area contributed by atoms with E-state index in [0.29, 0.717) is 16.6 Å². The number of nitrogens with zero attached hydrogens (tertiary/aromatic N) is 2. The number of aliphatic imine (C=N–C) groups is 1. The van der Waals surface area contributed by atoms with Gasteiger partial charge >= 0.3 is 0 Å². The van der Waals surface area contributed by atoms with Crippen molar-refractivity contribution in [2.45, 2.75) is 38.5 Å². The molecule has 2 aromatic rings. The summed E-state index contributed by atoms with van der Waals surface area (Å²) in [5.74, 6) is 0.0731. The van der Waals surface area contributed by atoms with E-state index in [2.05, 4.69) is 9.98 Å². The largest absolute Gasteiger partial charge is 0.474 e. The number of ether oxygens (including phenoxy) is 1. The minimum Gasteiger partial charge on any atom is -0.474 e. The fourth-order valence-corrected chi connectivity index (χ4v) is 3.43. The van der Waals surface area contributed by atoms with Crippen LogP contribution in [0.3, 0.4) is 0 Å². The molecule has 2 N–H and O–H groups in total. The molecule has 6 nitrogen and oxygen atoms in total. The van der Waals surface area contributed by atoms with Crippen molar-refractivity contribution in [3.05, 3.63) is 60.2 Å². The lowest BCUT2D eigenvalue weighted by atomic mass is 10.1. The van der Waals surface area contributed by atoms with Crippen molar-refractivity contribution in [3.63, 3.8) is 0 Å². The zero-order valence-electron chi connectivity index (χ0n) is 18.4. The number of halogens is 1. The summed E-state index contributed by atoms with van der Waals surface area (Å²) in [6.45, 7) is 7.17. The number of allylic oxidation sites excluding steroid dienone is 1. The Labute approximate surface area is 186 Å². The van der Waals surface area contributed by atoms with Gasteiger partial charge in [0.2, 0.25) is 5.88 Å². The highest BCUT2D eigenvalue weighted by atomic mass is 32.2. The molecule has 0 saturated carbocycles. The maximum Gasteiger partial charge on any atom is 0.213 e. The molecule has 1 aromatic heterocycles. The average molecular weight is 449 g/mol. The Morgan fingerprint density at radius 3 is 2.35 bits per heavy atom. The van der Waals surface area contributed by atoms with Gasteiger partial charge in [-0.15, -0.1) is 0 Å². The molecule has 1 heterocycles. The number of rotatable bonds is 8. The molecule has 0 saturated heterocycles. The molecule has 1 atom stereocenters. The van der Waals surface area contributed by atoms with Crippen molar-refractivity contribution in [1.82, 2.24) is 4.98 Å². The summed E-state index contributed by atoms with van der Waals surface area (Å²) in [4.78, 5) is 19.7. The number of pyridine rings is 1. The predicted molar refractivity (Wildman–Crippen MR) is 124 cm³/mol. The van der Waals surface area contributed by atoms with Crippen molar-refractivity contribution in [3.8, 4) is 17.0 Å². The number of benzene rings is 1. The lowest BCUT2D eigenvalue weighted by molar-refractivity contribution is -0.109. The van der Waals surface area contributed by atoms with Gasteiger partial charge in [-0.1, -0.05) is 30.0 Å². The summed E-state index contributed by atoms with van der Waals surface area (Å²) in [7, 11) is 1.00.